The Morgan fingerprint density at radius 3 is 2.67 bits per heavy atom. The molecule has 0 aliphatic carbocycles. The minimum atomic E-state index is -0.378. The zero-order valence-electron chi connectivity index (χ0n) is 9.25. The third-order valence-electron chi connectivity index (χ3n) is 2.44. The van der Waals surface area contributed by atoms with Gasteiger partial charge < -0.3 is 10.4 Å². The molecule has 0 atom stereocenters. The molecule has 0 saturated carbocycles. The van der Waals surface area contributed by atoms with E-state index in [1.807, 2.05) is 0 Å². The smallest absolute Gasteiger partial charge is 0.125 e. The van der Waals surface area contributed by atoms with E-state index in [0.29, 0.717) is 27.8 Å². The lowest BCUT2D eigenvalue weighted by Crippen LogP contribution is -2.00. The third-order valence-corrected chi connectivity index (χ3v) is 3.00. The Hall–Kier alpha value is -1.45. The molecule has 0 bridgehead atoms. The predicted octanol–water partition coefficient (Wildman–Crippen LogP) is 4.45. The van der Waals surface area contributed by atoms with Crippen molar-refractivity contribution in [1.29, 1.82) is 0 Å². The molecule has 0 aromatic heterocycles. The maximum absolute atomic E-state index is 13.0. The monoisotopic (exact) mass is 285 g/mol. The number of benzene rings is 2. The van der Waals surface area contributed by atoms with Gasteiger partial charge in [0.2, 0.25) is 0 Å². The lowest BCUT2D eigenvalue weighted by Gasteiger charge is -2.10. The van der Waals surface area contributed by atoms with E-state index >= 15 is 0 Å². The maximum atomic E-state index is 13.0. The van der Waals surface area contributed by atoms with Crippen molar-refractivity contribution in [3.05, 3.63) is 57.8 Å². The predicted molar refractivity (Wildman–Crippen MR) is 71.9 cm³/mol. The molecule has 2 aromatic rings. The molecule has 94 valence electrons. The van der Waals surface area contributed by atoms with Gasteiger partial charge in [-0.1, -0.05) is 23.2 Å². The average Bonchev–Trinajstić information content (AvgIpc) is 2.34. The number of aromatic hydroxyl groups is 1. The van der Waals surface area contributed by atoms with Crippen LogP contribution in [0.1, 0.15) is 5.56 Å². The fraction of sp³-hybridized carbons (Fsp3) is 0.0769. The Morgan fingerprint density at radius 1 is 1.11 bits per heavy atom. The van der Waals surface area contributed by atoms with E-state index in [-0.39, 0.29) is 11.6 Å². The van der Waals surface area contributed by atoms with Crippen LogP contribution in [0, 0.1) is 5.82 Å². The molecule has 0 aliphatic rings. The number of hydrogen-bond acceptors (Lipinski definition) is 2. The molecule has 2 nitrogen and oxygen atoms in total. The van der Waals surface area contributed by atoms with Crippen molar-refractivity contribution in [2.75, 3.05) is 5.32 Å². The zero-order valence-corrected chi connectivity index (χ0v) is 10.8. The maximum Gasteiger partial charge on any atom is 0.125 e. The topological polar surface area (TPSA) is 32.3 Å². The molecule has 2 rings (SSSR count). The van der Waals surface area contributed by atoms with Gasteiger partial charge in [-0.05, 0) is 36.4 Å². The molecule has 0 spiro atoms. The summed E-state index contributed by atoms with van der Waals surface area (Å²) in [5, 5.41) is 13.5. The lowest BCUT2D eigenvalue weighted by atomic mass is 10.2. The fourth-order valence-electron chi connectivity index (χ4n) is 1.52. The number of nitrogens with one attached hydrogen (secondary N) is 1. The highest BCUT2D eigenvalue weighted by Gasteiger charge is 2.05. The quantitative estimate of drug-likeness (QED) is 0.873. The Bertz CT molecular complexity index is 523. The summed E-state index contributed by atoms with van der Waals surface area (Å²) in [4.78, 5) is 0. The summed E-state index contributed by atoms with van der Waals surface area (Å²) in [6.45, 7) is 0.301. The van der Waals surface area contributed by atoms with Gasteiger partial charge in [-0.2, -0.15) is 0 Å². The summed E-state index contributed by atoms with van der Waals surface area (Å²) in [5.74, 6) is -0.253. The first-order valence-corrected chi connectivity index (χ1v) is 5.98. The van der Waals surface area contributed by atoms with Gasteiger partial charge in [-0.25, -0.2) is 4.39 Å². The summed E-state index contributed by atoms with van der Waals surface area (Å²) in [6, 6.07) is 8.78. The van der Waals surface area contributed by atoms with Crippen LogP contribution in [0.25, 0.3) is 0 Å². The summed E-state index contributed by atoms with van der Waals surface area (Å²) >= 11 is 11.7. The van der Waals surface area contributed by atoms with Crippen LogP contribution in [0.15, 0.2) is 36.4 Å². The fourth-order valence-corrected chi connectivity index (χ4v) is 1.90. The van der Waals surface area contributed by atoms with Crippen molar-refractivity contribution >= 4 is 28.9 Å². The molecule has 0 aliphatic heterocycles. The molecule has 0 radical (unpaired) electrons. The van der Waals surface area contributed by atoms with E-state index in [1.165, 1.54) is 24.3 Å². The summed E-state index contributed by atoms with van der Waals surface area (Å²) < 4.78 is 13.0. The second kappa shape index (κ2) is 5.46. The van der Waals surface area contributed by atoms with Crippen molar-refractivity contribution in [3.63, 3.8) is 0 Å². The number of phenols is 1. The number of rotatable bonds is 3. The molecule has 2 aromatic carbocycles. The van der Waals surface area contributed by atoms with E-state index in [4.69, 9.17) is 23.2 Å². The van der Waals surface area contributed by atoms with E-state index < -0.39 is 0 Å². The molecule has 0 fully saturated rings. The standard InChI is InChI=1S/C13H10Cl2FNO/c14-9-1-4-13(18)8(5-9)7-17-12-6-10(16)2-3-11(12)15/h1-6,17-18H,7H2. The Balaban J connectivity index is 2.16. The molecule has 0 amide bonds. The van der Waals surface area contributed by atoms with Crippen molar-refractivity contribution < 1.29 is 9.50 Å². The normalized spacial score (nSPS) is 10.4. The molecule has 0 heterocycles. The van der Waals surface area contributed by atoms with Gasteiger partial charge in [-0.15, -0.1) is 0 Å². The second-order valence-electron chi connectivity index (χ2n) is 3.75. The van der Waals surface area contributed by atoms with Crippen LogP contribution < -0.4 is 5.32 Å². The first-order chi connectivity index (χ1) is 8.56. The first kappa shape index (κ1) is 13.0. The number of phenolic OH excluding ortho intramolecular Hbond substituents is 1. The van der Waals surface area contributed by atoms with Gasteiger partial charge >= 0.3 is 0 Å². The Labute approximate surface area is 114 Å². The van der Waals surface area contributed by atoms with Gasteiger partial charge in [0.1, 0.15) is 11.6 Å². The van der Waals surface area contributed by atoms with E-state index in [0.717, 1.165) is 0 Å². The van der Waals surface area contributed by atoms with Crippen LogP contribution in [0.3, 0.4) is 0 Å². The summed E-state index contributed by atoms with van der Waals surface area (Å²) in [7, 11) is 0. The van der Waals surface area contributed by atoms with Gasteiger partial charge in [0.25, 0.3) is 0 Å². The molecule has 5 heteroatoms. The number of anilines is 1. The van der Waals surface area contributed by atoms with E-state index in [9.17, 15) is 9.50 Å². The molecular weight excluding hydrogens is 276 g/mol. The molecule has 0 saturated heterocycles. The molecule has 18 heavy (non-hydrogen) atoms. The van der Waals surface area contributed by atoms with Crippen molar-refractivity contribution in [2.45, 2.75) is 6.54 Å². The van der Waals surface area contributed by atoms with Crippen LogP contribution in [-0.2, 0) is 6.54 Å². The van der Waals surface area contributed by atoms with Crippen molar-refractivity contribution in [3.8, 4) is 5.75 Å². The Morgan fingerprint density at radius 2 is 1.89 bits per heavy atom. The zero-order chi connectivity index (χ0) is 13.1. The minimum Gasteiger partial charge on any atom is -0.508 e. The molecule has 0 unspecified atom stereocenters. The second-order valence-corrected chi connectivity index (χ2v) is 4.59. The third kappa shape index (κ3) is 3.06. The first-order valence-electron chi connectivity index (χ1n) is 5.22. The minimum absolute atomic E-state index is 0.124. The van der Waals surface area contributed by atoms with Crippen molar-refractivity contribution in [2.24, 2.45) is 0 Å². The van der Waals surface area contributed by atoms with Crippen LogP contribution in [0.2, 0.25) is 10.0 Å². The molecule has 2 N–H and O–H groups in total. The highest BCUT2D eigenvalue weighted by atomic mass is 35.5. The van der Waals surface area contributed by atoms with Crippen LogP contribution >= 0.6 is 23.2 Å². The summed E-state index contributed by atoms with van der Waals surface area (Å²) in [5.41, 5.74) is 1.08. The largest absolute Gasteiger partial charge is 0.508 e. The average molecular weight is 286 g/mol. The van der Waals surface area contributed by atoms with E-state index in [2.05, 4.69) is 5.32 Å². The number of halogens is 3. The van der Waals surface area contributed by atoms with Crippen LogP contribution in [0.4, 0.5) is 10.1 Å². The van der Waals surface area contributed by atoms with Gasteiger partial charge in [0, 0.05) is 17.1 Å². The van der Waals surface area contributed by atoms with Crippen LogP contribution in [-0.4, -0.2) is 5.11 Å². The van der Waals surface area contributed by atoms with Crippen LogP contribution in [0.5, 0.6) is 5.75 Å². The van der Waals surface area contributed by atoms with Gasteiger partial charge in [0.15, 0.2) is 0 Å². The SMILES string of the molecule is Oc1ccc(Cl)cc1CNc1cc(F)ccc1Cl. The summed E-state index contributed by atoms with van der Waals surface area (Å²) in [6.07, 6.45) is 0. The Kier molecular flexibility index (Phi) is 3.94. The lowest BCUT2D eigenvalue weighted by molar-refractivity contribution is 0.469. The van der Waals surface area contributed by atoms with E-state index in [1.54, 1.807) is 12.1 Å². The van der Waals surface area contributed by atoms with Crippen molar-refractivity contribution in [1.82, 2.24) is 0 Å². The highest BCUT2D eigenvalue weighted by molar-refractivity contribution is 6.33. The van der Waals surface area contributed by atoms with Gasteiger partial charge in [0.05, 0.1) is 10.7 Å². The van der Waals surface area contributed by atoms with Gasteiger partial charge in [-0.3, -0.25) is 0 Å². The molecular formula is C13H10Cl2FNO. The highest BCUT2D eigenvalue weighted by Crippen LogP contribution is 2.26. The number of hydrogen-bond donors (Lipinski definition) is 2.